The number of rotatable bonds is 0. The predicted molar refractivity (Wildman–Crippen MR) is 42.0 cm³/mol. The van der Waals surface area contributed by atoms with Crippen LogP contribution in [0.15, 0.2) is 0 Å². The van der Waals surface area contributed by atoms with E-state index in [9.17, 15) is 0 Å². The lowest BCUT2D eigenvalue weighted by atomic mass is 10.0. The molecule has 0 radical (unpaired) electrons. The first-order chi connectivity index (χ1) is 4.21. The lowest BCUT2D eigenvalue weighted by molar-refractivity contribution is 0.544. The van der Waals surface area contributed by atoms with Crippen LogP contribution in [0.2, 0.25) is 0 Å². The van der Waals surface area contributed by atoms with Gasteiger partial charge in [-0.1, -0.05) is 25.7 Å². The van der Waals surface area contributed by atoms with E-state index in [2.05, 4.69) is 6.92 Å². The topological polar surface area (TPSA) is 0 Å². The maximum Gasteiger partial charge on any atom is 0.0418 e. The van der Waals surface area contributed by atoms with E-state index < -0.39 is 0 Å². The molecule has 1 heteroatoms. The molecule has 0 heterocycles. The Labute approximate surface area is 62.6 Å². The van der Waals surface area contributed by atoms with Crippen LogP contribution in [0.1, 0.15) is 45.4 Å². The molecule has 0 unspecified atom stereocenters. The minimum absolute atomic E-state index is 0.135. The van der Waals surface area contributed by atoms with Gasteiger partial charge in [-0.3, -0.25) is 0 Å². The van der Waals surface area contributed by atoms with Gasteiger partial charge in [0.1, 0.15) is 0 Å². The first kappa shape index (κ1) is 7.40. The molecule has 9 heavy (non-hydrogen) atoms. The minimum Gasteiger partial charge on any atom is -0.120 e. The van der Waals surface area contributed by atoms with Gasteiger partial charge in [0.25, 0.3) is 0 Å². The fraction of sp³-hybridized carbons (Fsp3) is 1.00. The summed E-state index contributed by atoms with van der Waals surface area (Å²) in [6, 6.07) is 0. The summed E-state index contributed by atoms with van der Waals surface area (Å²) in [6.07, 6.45) is 7.88. The van der Waals surface area contributed by atoms with Crippen molar-refractivity contribution in [1.82, 2.24) is 0 Å². The van der Waals surface area contributed by atoms with E-state index >= 15 is 0 Å². The number of alkyl halides is 1. The molecule has 0 aliphatic heterocycles. The van der Waals surface area contributed by atoms with Crippen molar-refractivity contribution in [3.8, 4) is 0 Å². The number of halogens is 1. The van der Waals surface area contributed by atoms with E-state index in [0.29, 0.717) is 0 Å². The van der Waals surface area contributed by atoms with Gasteiger partial charge < -0.3 is 0 Å². The van der Waals surface area contributed by atoms with E-state index in [1.807, 2.05) is 0 Å². The summed E-state index contributed by atoms with van der Waals surface area (Å²) in [7, 11) is 0. The van der Waals surface area contributed by atoms with E-state index in [1.165, 1.54) is 38.5 Å². The van der Waals surface area contributed by atoms with Gasteiger partial charge in [-0.05, 0) is 19.8 Å². The fourth-order valence-corrected chi connectivity index (χ4v) is 1.73. The molecule has 0 aromatic carbocycles. The summed E-state index contributed by atoms with van der Waals surface area (Å²) in [5, 5.41) is 0. The maximum atomic E-state index is 6.18. The lowest BCUT2D eigenvalue weighted by Crippen LogP contribution is -2.13. The van der Waals surface area contributed by atoms with Gasteiger partial charge in [-0.2, -0.15) is 0 Å². The van der Waals surface area contributed by atoms with Crippen molar-refractivity contribution in [3.05, 3.63) is 0 Å². The second-order valence-electron chi connectivity index (χ2n) is 3.33. The maximum absolute atomic E-state index is 6.18. The van der Waals surface area contributed by atoms with Crippen LogP contribution in [0.25, 0.3) is 0 Å². The van der Waals surface area contributed by atoms with Crippen LogP contribution < -0.4 is 0 Å². The number of hydrogen-bond acceptors (Lipinski definition) is 0. The van der Waals surface area contributed by atoms with E-state index in [0.717, 1.165) is 0 Å². The summed E-state index contributed by atoms with van der Waals surface area (Å²) >= 11 is 6.18. The molecule has 0 aromatic rings. The Hall–Kier alpha value is 0.290. The van der Waals surface area contributed by atoms with Gasteiger partial charge >= 0.3 is 0 Å². The Morgan fingerprint density at radius 2 is 1.44 bits per heavy atom. The molecule has 0 spiro atoms. The third kappa shape index (κ3) is 2.57. The summed E-state index contributed by atoms with van der Waals surface area (Å²) < 4.78 is 0. The van der Waals surface area contributed by atoms with Crippen LogP contribution in [0.5, 0.6) is 0 Å². The first-order valence-electron chi connectivity index (χ1n) is 3.90. The van der Waals surface area contributed by atoms with Crippen molar-refractivity contribution in [2.24, 2.45) is 0 Å². The molecular formula is C8H15Cl. The van der Waals surface area contributed by atoms with Crippen LogP contribution >= 0.6 is 11.6 Å². The smallest absolute Gasteiger partial charge is 0.0418 e. The van der Waals surface area contributed by atoms with Crippen LogP contribution in [0.4, 0.5) is 0 Å². The average Bonchev–Trinajstić information content (AvgIpc) is 1.92. The highest BCUT2D eigenvalue weighted by atomic mass is 35.5. The molecule has 1 rings (SSSR count). The molecule has 54 valence electrons. The zero-order valence-electron chi connectivity index (χ0n) is 6.12. The highest BCUT2D eigenvalue weighted by Crippen LogP contribution is 2.31. The SMILES string of the molecule is CC1(Cl)CCCCCC1. The van der Waals surface area contributed by atoms with Crippen LogP contribution in [-0.2, 0) is 0 Å². The third-order valence-corrected chi connectivity index (χ3v) is 2.52. The Morgan fingerprint density at radius 1 is 1.00 bits per heavy atom. The van der Waals surface area contributed by atoms with Crippen molar-refractivity contribution in [2.45, 2.75) is 50.3 Å². The monoisotopic (exact) mass is 146 g/mol. The Kier molecular flexibility index (Phi) is 2.40. The fourth-order valence-electron chi connectivity index (χ4n) is 1.47. The highest BCUT2D eigenvalue weighted by Gasteiger charge is 2.21. The average molecular weight is 147 g/mol. The van der Waals surface area contributed by atoms with Gasteiger partial charge in [0, 0.05) is 4.87 Å². The molecule has 0 N–H and O–H groups in total. The quantitative estimate of drug-likeness (QED) is 0.363. The largest absolute Gasteiger partial charge is 0.120 e. The molecule has 0 aromatic heterocycles. The van der Waals surface area contributed by atoms with Crippen molar-refractivity contribution in [1.29, 1.82) is 0 Å². The van der Waals surface area contributed by atoms with Gasteiger partial charge in [0.05, 0.1) is 0 Å². The summed E-state index contributed by atoms with van der Waals surface area (Å²) in [5.41, 5.74) is 0. The van der Waals surface area contributed by atoms with Crippen molar-refractivity contribution >= 4 is 11.6 Å². The second-order valence-corrected chi connectivity index (χ2v) is 4.24. The van der Waals surface area contributed by atoms with Gasteiger partial charge in [0.2, 0.25) is 0 Å². The molecule has 1 fully saturated rings. The van der Waals surface area contributed by atoms with E-state index in [-0.39, 0.29) is 4.87 Å². The Balaban J connectivity index is 2.36. The molecule has 0 atom stereocenters. The second kappa shape index (κ2) is 2.92. The molecule has 0 nitrogen and oxygen atoms in total. The molecule has 1 saturated carbocycles. The zero-order valence-corrected chi connectivity index (χ0v) is 6.88. The molecule has 1 aliphatic rings. The molecule has 1 aliphatic carbocycles. The van der Waals surface area contributed by atoms with Crippen LogP contribution in [-0.4, -0.2) is 4.87 Å². The standard InChI is InChI=1S/C8H15Cl/c1-8(9)6-4-2-3-5-7-8/h2-7H2,1H3. The van der Waals surface area contributed by atoms with Crippen molar-refractivity contribution < 1.29 is 0 Å². The molecule has 0 bridgehead atoms. The van der Waals surface area contributed by atoms with Crippen molar-refractivity contribution in [2.75, 3.05) is 0 Å². The van der Waals surface area contributed by atoms with Crippen LogP contribution in [0, 0.1) is 0 Å². The summed E-state index contributed by atoms with van der Waals surface area (Å²) in [6.45, 7) is 2.17. The minimum atomic E-state index is 0.135. The Bertz CT molecular complexity index is 76.6. The van der Waals surface area contributed by atoms with E-state index in [4.69, 9.17) is 11.6 Å². The first-order valence-corrected chi connectivity index (χ1v) is 4.27. The summed E-state index contributed by atoms with van der Waals surface area (Å²) in [4.78, 5) is 0.135. The predicted octanol–water partition coefficient (Wildman–Crippen LogP) is 3.34. The summed E-state index contributed by atoms with van der Waals surface area (Å²) in [5.74, 6) is 0. The normalized spacial score (nSPS) is 27.3. The van der Waals surface area contributed by atoms with Gasteiger partial charge in [0.15, 0.2) is 0 Å². The van der Waals surface area contributed by atoms with E-state index in [1.54, 1.807) is 0 Å². The Morgan fingerprint density at radius 3 is 1.89 bits per heavy atom. The zero-order chi connectivity index (χ0) is 6.74. The highest BCUT2D eigenvalue weighted by molar-refractivity contribution is 6.23. The third-order valence-electron chi connectivity index (χ3n) is 2.15. The van der Waals surface area contributed by atoms with Crippen LogP contribution in [0.3, 0.4) is 0 Å². The van der Waals surface area contributed by atoms with Gasteiger partial charge in [-0.25, -0.2) is 0 Å². The number of hydrogen-bond donors (Lipinski definition) is 0. The lowest BCUT2D eigenvalue weighted by Gasteiger charge is -2.17. The van der Waals surface area contributed by atoms with Crippen molar-refractivity contribution in [3.63, 3.8) is 0 Å². The molecule has 0 amide bonds. The molecule has 0 saturated heterocycles. The van der Waals surface area contributed by atoms with Gasteiger partial charge in [-0.15, -0.1) is 11.6 Å². The molecular weight excluding hydrogens is 132 g/mol.